The van der Waals surface area contributed by atoms with Gasteiger partial charge < -0.3 is 0 Å². The highest BCUT2D eigenvalue weighted by molar-refractivity contribution is 5.76. The molecule has 2 aromatic heterocycles. The van der Waals surface area contributed by atoms with Gasteiger partial charge in [-0.1, -0.05) is 6.07 Å². The predicted molar refractivity (Wildman–Crippen MR) is 50.1 cm³/mol. The van der Waals surface area contributed by atoms with Crippen LogP contribution in [-0.2, 0) is 0 Å². The first-order chi connectivity index (χ1) is 6.22. The second kappa shape index (κ2) is 2.69. The molecule has 0 aliphatic carbocycles. The lowest BCUT2D eigenvalue weighted by Gasteiger charge is -1.96. The number of hydrogen-bond donors (Lipinski definition) is 0. The van der Waals surface area contributed by atoms with Gasteiger partial charge >= 0.3 is 0 Å². The Labute approximate surface area is 76.0 Å². The molecule has 2 aromatic rings. The largest absolute Gasteiger partial charge is 0.297 e. The fraction of sp³-hybridized carbons (Fsp3) is 0.200. The molecular weight excluding hydrogens is 164 g/mol. The van der Waals surface area contributed by atoms with E-state index >= 15 is 0 Å². The minimum absolute atomic E-state index is 0.638. The molecule has 0 aliphatic rings. The maximum absolute atomic E-state index is 10.8. The zero-order valence-corrected chi connectivity index (χ0v) is 7.61. The molecule has 3 nitrogen and oxygen atoms in total. The smallest absolute Gasteiger partial charge is 0.168 e. The second-order valence-electron chi connectivity index (χ2n) is 3.13. The Kier molecular flexibility index (Phi) is 1.65. The summed E-state index contributed by atoms with van der Waals surface area (Å²) in [4.78, 5) is 15.0. The maximum Gasteiger partial charge on any atom is 0.168 e. The predicted octanol–water partition coefficient (Wildman–Crippen LogP) is 1.76. The average Bonchev–Trinajstić information content (AvgIpc) is 2.40. The summed E-state index contributed by atoms with van der Waals surface area (Å²) < 4.78 is 1.82. The van der Waals surface area contributed by atoms with Gasteiger partial charge in [0.1, 0.15) is 11.3 Å². The number of carbonyl (C=O) groups excluding carboxylic acids is 1. The van der Waals surface area contributed by atoms with Gasteiger partial charge in [0.2, 0.25) is 0 Å². The minimum atomic E-state index is 0.638. The normalized spacial score (nSPS) is 10.6. The van der Waals surface area contributed by atoms with E-state index in [0.717, 1.165) is 23.2 Å². The zero-order chi connectivity index (χ0) is 9.42. The maximum atomic E-state index is 10.8. The van der Waals surface area contributed by atoms with Crippen LogP contribution in [-0.4, -0.2) is 15.7 Å². The summed E-state index contributed by atoms with van der Waals surface area (Å²) in [6.07, 6.45) is 2.76. The van der Waals surface area contributed by atoms with Crippen LogP contribution in [0.2, 0.25) is 0 Å². The summed E-state index contributed by atoms with van der Waals surface area (Å²) in [5, 5.41) is 0. The minimum Gasteiger partial charge on any atom is -0.297 e. The first-order valence-corrected chi connectivity index (χ1v) is 4.13. The van der Waals surface area contributed by atoms with Gasteiger partial charge in [0.05, 0.1) is 5.69 Å². The molecule has 0 atom stereocenters. The lowest BCUT2D eigenvalue weighted by atomic mass is 10.3. The summed E-state index contributed by atoms with van der Waals surface area (Å²) in [6, 6.07) is 3.89. The number of aryl methyl sites for hydroxylation is 2. The summed E-state index contributed by atoms with van der Waals surface area (Å²) in [7, 11) is 0. The third-order valence-corrected chi connectivity index (χ3v) is 2.10. The summed E-state index contributed by atoms with van der Waals surface area (Å²) in [5.41, 5.74) is 3.36. The molecule has 0 saturated carbocycles. The molecule has 2 rings (SSSR count). The quantitative estimate of drug-likeness (QED) is 0.617. The third kappa shape index (κ3) is 1.13. The van der Waals surface area contributed by atoms with E-state index in [-0.39, 0.29) is 0 Å². The summed E-state index contributed by atoms with van der Waals surface area (Å²) in [5.74, 6) is 0. The van der Waals surface area contributed by atoms with Gasteiger partial charge in [-0.3, -0.25) is 9.20 Å². The highest BCUT2D eigenvalue weighted by Crippen LogP contribution is 2.10. The molecule has 66 valence electrons. The number of pyridine rings is 1. The van der Waals surface area contributed by atoms with Crippen LogP contribution in [0.1, 0.15) is 21.7 Å². The zero-order valence-electron chi connectivity index (χ0n) is 7.61. The lowest BCUT2D eigenvalue weighted by Crippen LogP contribution is -1.92. The van der Waals surface area contributed by atoms with E-state index < -0.39 is 0 Å². The van der Waals surface area contributed by atoms with E-state index in [1.807, 2.05) is 36.6 Å². The van der Waals surface area contributed by atoms with Crippen molar-refractivity contribution in [1.82, 2.24) is 9.38 Å². The van der Waals surface area contributed by atoms with Crippen LogP contribution in [0.3, 0.4) is 0 Å². The van der Waals surface area contributed by atoms with E-state index in [2.05, 4.69) is 4.98 Å². The Morgan fingerprint density at radius 2 is 2.15 bits per heavy atom. The van der Waals surface area contributed by atoms with E-state index in [1.54, 1.807) is 0 Å². The van der Waals surface area contributed by atoms with Crippen molar-refractivity contribution in [3.05, 3.63) is 35.3 Å². The molecule has 3 heteroatoms. The van der Waals surface area contributed by atoms with Crippen LogP contribution in [0.4, 0.5) is 0 Å². The first kappa shape index (κ1) is 7.98. The molecule has 0 bridgehead atoms. The van der Waals surface area contributed by atoms with Gasteiger partial charge in [-0.2, -0.15) is 0 Å². The van der Waals surface area contributed by atoms with E-state index in [1.165, 1.54) is 0 Å². The number of hydrogen-bond acceptors (Lipinski definition) is 2. The van der Waals surface area contributed by atoms with Gasteiger partial charge in [0.25, 0.3) is 0 Å². The van der Waals surface area contributed by atoms with Crippen molar-refractivity contribution in [1.29, 1.82) is 0 Å². The first-order valence-electron chi connectivity index (χ1n) is 4.13. The van der Waals surface area contributed by atoms with E-state index in [4.69, 9.17) is 0 Å². The highest BCUT2D eigenvalue weighted by Gasteiger charge is 2.06. The second-order valence-corrected chi connectivity index (χ2v) is 3.13. The van der Waals surface area contributed by atoms with Gasteiger partial charge in [0.15, 0.2) is 6.29 Å². The van der Waals surface area contributed by atoms with Crippen LogP contribution in [0.25, 0.3) is 5.65 Å². The number of aldehydes is 1. The van der Waals surface area contributed by atoms with Crippen LogP contribution in [0.5, 0.6) is 0 Å². The van der Waals surface area contributed by atoms with Crippen molar-refractivity contribution in [2.75, 3.05) is 0 Å². The molecule has 0 spiro atoms. The molecule has 0 saturated heterocycles. The van der Waals surface area contributed by atoms with Gasteiger partial charge in [-0.15, -0.1) is 0 Å². The number of carbonyl (C=O) groups is 1. The SMILES string of the molecule is Cc1ccc2nc(C)c(C=O)n2c1. The summed E-state index contributed by atoms with van der Waals surface area (Å²) in [6.45, 7) is 3.83. The van der Waals surface area contributed by atoms with Crippen molar-refractivity contribution in [3.8, 4) is 0 Å². The molecule has 0 aromatic carbocycles. The molecule has 0 unspecified atom stereocenters. The standard InChI is InChI=1S/C10H10N2O/c1-7-3-4-10-11-8(2)9(6-13)12(10)5-7/h3-6H,1-2H3. The van der Waals surface area contributed by atoms with Gasteiger partial charge in [-0.25, -0.2) is 4.98 Å². The van der Waals surface area contributed by atoms with Crippen molar-refractivity contribution in [2.45, 2.75) is 13.8 Å². The van der Waals surface area contributed by atoms with Crippen molar-refractivity contribution in [2.24, 2.45) is 0 Å². The fourth-order valence-corrected chi connectivity index (χ4v) is 1.43. The molecule has 0 N–H and O–H groups in total. The third-order valence-electron chi connectivity index (χ3n) is 2.10. The molecule has 2 heterocycles. The topological polar surface area (TPSA) is 34.4 Å². The van der Waals surface area contributed by atoms with Crippen LogP contribution in [0, 0.1) is 13.8 Å². The molecule has 0 amide bonds. The number of aromatic nitrogens is 2. The lowest BCUT2D eigenvalue weighted by molar-refractivity contribution is 0.111. The molecule has 13 heavy (non-hydrogen) atoms. The number of rotatable bonds is 1. The molecule has 0 aliphatic heterocycles. The van der Waals surface area contributed by atoms with E-state index in [9.17, 15) is 4.79 Å². The molecular formula is C10H10N2O. The Hall–Kier alpha value is -1.64. The highest BCUT2D eigenvalue weighted by atomic mass is 16.1. The van der Waals surface area contributed by atoms with Crippen molar-refractivity contribution >= 4 is 11.9 Å². The Morgan fingerprint density at radius 3 is 2.85 bits per heavy atom. The number of imidazole rings is 1. The monoisotopic (exact) mass is 174 g/mol. The fourth-order valence-electron chi connectivity index (χ4n) is 1.43. The van der Waals surface area contributed by atoms with Crippen molar-refractivity contribution in [3.63, 3.8) is 0 Å². The Balaban J connectivity index is 2.88. The van der Waals surface area contributed by atoms with Crippen molar-refractivity contribution < 1.29 is 4.79 Å². The molecule has 0 radical (unpaired) electrons. The Morgan fingerprint density at radius 1 is 1.38 bits per heavy atom. The van der Waals surface area contributed by atoms with Crippen LogP contribution >= 0.6 is 0 Å². The Bertz CT molecular complexity index is 471. The average molecular weight is 174 g/mol. The number of nitrogens with zero attached hydrogens (tertiary/aromatic N) is 2. The molecule has 0 fully saturated rings. The van der Waals surface area contributed by atoms with Crippen LogP contribution in [0.15, 0.2) is 18.3 Å². The number of fused-ring (bicyclic) bond motifs is 1. The van der Waals surface area contributed by atoms with E-state index in [0.29, 0.717) is 5.69 Å². The summed E-state index contributed by atoms with van der Waals surface area (Å²) >= 11 is 0. The van der Waals surface area contributed by atoms with Gasteiger partial charge in [-0.05, 0) is 25.5 Å². The van der Waals surface area contributed by atoms with Gasteiger partial charge in [0, 0.05) is 6.20 Å². The van der Waals surface area contributed by atoms with Crippen LogP contribution < -0.4 is 0 Å².